The van der Waals surface area contributed by atoms with E-state index in [4.69, 9.17) is 0 Å². The third-order valence-electron chi connectivity index (χ3n) is 3.34. The smallest absolute Gasteiger partial charge is 0.251 e. The van der Waals surface area contributed by atoms with Crippen molar-refractivity contribution in [3.05, 3.63) is 71.0 Å². The number of benzene rings is 2. The SMILES string of the molecule is CC(NC(=O)c1cccc(CS(C)(=O)=O)c1)c1ccc(F)cc1. The summed E-state index contributed by atoms with van der Waals surface area (Å²) in [7, 11) is -3.16. The maximum Gasteiger partial charge on any atom is 0.251 e. The molecule has 1 unspecified atom stereocenters. The van der Waals surface area contributed by atoms with Gasteiger partial charge in [0.2, 0.25) is 0 Å². The maximum atomic E-state index is 12.9. The number of nitrogens with one attached hydrogen (secondary N) is 1. The van der Waals surface area contributed by atoms with Gasteiger partial charge in [-0.1, -0.05) is 24.3 Å². The van der Waals surface area contributed by atoms with Crippen LogP contribution in [-0.2, 0) is 15.6 Å². The molecule has 1 N–H and O–H groups in total. The highest BCUT2D eigenvalue weighted by atomic mass is 32.2. The largest absolute Gasteiger partial charge is 0.346 e. The van der Waals surface area contributed by atoms with Gasteiger partial charge in [0.1, 0.15) is 5.82 Å². The molecule has 23 heavy (non-hydrogen) atoms. The van der Waals surface area contributed by atoms with Gasteiger partial charge in [-0.3, -0.25) is 4.79 Å². The molecule has 2 aromatic carbocycles. The summed E-state index contributed by atoms with van der Waals surface area (Å²) in [5, 5.41) is 2.81. The van der Waals surface area contributed by atoms with Crippen molar-refractivity contribution in [1.29, 1.82) is 0 Å². The quantitative estimate of drug-likeness (QED) is 0.914. The first-order valence-corrected chi connectivity index (χ1v) is 9.13. The van der Waals surface area contributed by atoms with Crippen LogP contribution in [-0.4, -0.2) is 20.6 Å². The molecule has 6 heteroatoms. The molecule has 0 aliphatic heterocycles. The number of halogens is 1. The van der Waals surface area contributed by atoms with Gasteiger partial charge in [-0.05, 0) is 42.3 Å². The van der Waals surface area contributed by atoms with Crippen LogP contribution in [0.15, 0.2) is 48.5 Å². The number of hydrogen-bond acceptors (Lipinski definition) is 3. The molecule has 1 atom stereocenters. The fourth-order valence-corrected chi connectivity index (χ4v) is 3.00. The number of rotatable bonds is 5. The Hall–Kier alpha value is -2.21. The highest BCUT2D eigenvalue weighted by Crippen LogP contribution is 2.15. The van der Waals surface area contributed by atoms with Gasteiger partial charge >= 0.3 is 0 Å². The predicted molar refractivity (Wildman–Crippen MR) is 87.3 cm³/mol. The predicted octanol–water partition coefficient (Wildman–Crippen LogP) is 2.86. The van der Waals surface area contributed by atoms with E-state index in [9.17, 15) is 17.6 Å². The zero-order valence-corrected chi connectivity index (χ0v) is 13.7. The van der Waals surface area contributed by atoms with E-state index >= 15 is 0 Å². The molecule has 2 aromatic rings. The maximum absolute atomic E-state index is 12.9. The van der Waals surface area contributed by atoms with Gasteiger partial charge in [0.05, 0.1) is 11.8 Å². The summed E-state index contributed by atoms with van der Waals surface area (Å²) in [6.45, 7) is 1.80. The first-order chi connectivity index (χ1) is 10.7. The van der Waals surface area contributed by atoms with E-state index in [0.29, 0.717) is 11.1 Å². The summed E-state index contributed by atoms with van der Waals surface area (Å²) in [4.78, 5) is 12.3. The molecule has 0 bridgehead atoms. The van der Waals surface area contributed by atoms with Gasteiger partial charge < -0.3 is 5.32 Å². The van der Waals surface area contributed by atoms with Crippen molar-refractivity contribution in [2.75, 3.05) is 6.26 Å². The molecule has 4 nitrogen and oxygen atoms in total. The Morgan fingerprint density at radius 3 is 2.43 bits per heavy atom. The van der Waals surface area contributed by atoms with Gasteiger partial charge in [0, 0.05) is 11.8 Å². The lowest BCUT2D eigenvalue weighted by molar-refractivity contribution is 0.0939. The third kappa shape index (κ3) is 5.17. The first kappa shape index (κ1) is 17.1. The lowest BCUT2D eigenvalue weighted by atomic mass is 10.1. The van der Waals surface area contributed by atoms with E-state index in [1.807, 2.05) is 0 Å². The highest BCUT2D eigenvalue weighted by molar-refractivity contribution is 7.89. The van der Waals surface area contributed by atoms with Gasteiger partial charge in [-0.25, -0.2) is 12.8 Å². The second kappa shape index (κ2) is 6.91. The fourth-order valence-electron chi connectivity index (χ4n) is 2.22. The Kier molecular flexibility index (Phi) is 5.15. The van der Waals surface area contributed by atoms with Crippen LogP contribution >= 0.6 is 0 Å². The molecule has 0 aliphatic carbocycles. The summed E-state index contributed by atoms with van der Waals surface area (Å²) in [6.07, 6.45) is 1.15. The molecule has 0 spiro atoms. The minimum absolute atomic E-state index is 0.109. The molecule has 0 heterocycles. The third-order valence-corrected chi connectivity index (χ3v) is 4.19. The number of sulfone groups is 1. The van der Waals surface area contributed by atoms with Crippen molar-refractivity contribution in [1.82, 2.24) is 5.32 Å². The van der Waals surface area contributed by atoms with Crippen LogP contribution in [0.3, 0.4) is 0 Å². The zero-order chi connectivity index (χ0) is 17.0. The summed E-state index contributed by atoms with van der Waals surface area (Å²) in [6, 6.07) is 12.1. The molecule has 0 radical (unpaired) electrons. The minimum atomic E-state index is -3.16. The van der Waals surface area contributed by atoms with Crippen molar-refractivity contribution in [2.24, 2.45) is 0 Å². The van der Waals surface area contributed by atoms with E-state index in [1.54, 1.807) is 43.3 Å². The fraction of sp³-hybridized carbons (Fsp3) is 0.235. The molecule has 0 saturated heterocycles. The van der Waals surface area contributed by atoms with Crippen molar-refractivity contribution >= 4 is 15.7 Å². The van der Waals surface area contributed by atoms with Crippen molar-refractivity contribution in [3.8, 4) is 0 Å². The summed E-state index contributed by atoms with van der Waals surface area (Å²) in [5.41, 5.74) is 1.74. The Balaban J connectivity index is 2.11. The standard InChI is InChI=1S/C17H18FNO3S/c1-12(14-6-8-16(18)9-7-14)19-17(20)15-5-3-4-13(10-15)11-23(2,21)22/h3-10,12H,11H2,1-2H3,(H,19,20). The van der Waals surface area contributed by atoms with Crippen LogP contribution in [0, 0.1) is 5.82 Å². The molecule has 1 amide bonds. The van der Waals surface area contributed by atoms with E-state index in [2.05, 4.69) is 5.32 Å². The molecule has 0 saturated carbocycles. The lowest BCUT2D eigenvalue weighted by Crippen LogP contribution is -2.26. The van der Waals surface area contributed by atoms with Crippen LogP contribution in [0.4, 0.5) is 4.39 Å². The van der Waals surface area contributed by atoms with Crippen LogP contribution in [0.1, 0.15) is 34.5 Å². The first-order valence-electron chi connectivity index (χ1n) is 7.07. The van der Waals surface area contributed by atoms with Crippen molar-refractivity contribution in [2.45, 2.75) is 18.7 Å². The van der Waals surface area contributed by atoms with E-state index in [0.717, 1.165) is 11.8 Å². The lowest BCUT2D eigenvalue weighted by Gasteiger charge is -2.14. The zero-order valence-electron chi connectivity index (χ0n) is 12.9. The number of amides is 1. The highest BCUT2D eigenvalue weighted by Gasteiger charge is 2.13. The van der Waals surface area contributed by atoms with Crippen LogP contribution in [0.5, 0.6) is 0 Å². The minimum Gasteiger partial charge on any atom is -0.346 e. The van der Waals surface area contributed by atoms with Crippen molar-refractivity contribution in [3.63, 3.8) is 0 Å². The van der Waals surface area contributed by atoms with E-state index in [1.165, 1.54) is 12.1 Å². The summed E-state index contributed by atoms with van der Waals surface area (Å²) >= 11 is 0. The van der Waals surface area contributed by atoms with Gasteiger partial charge in [-0.15, -0.1) is 0 Å². The van der Waals surface area contributed by atoms with E-state index in [-0.39, 0.29) is 23.5 Å². The second-order valence-corrected chi connectivity index (χ2v) is 7.66. The van der Waals surface area contributed by atoms with Gasteiger partial charge in [-0.2, -0.15) is 0 Å². The number of carbonyl (C=O) groups excluding carboxylic acids is 1. The molecule has 122 valence electrons. The second-order valence-electron chi connectivity index (χ2n) is 5.52. The number of carbonyl (C=O) groups is 1. The van der Waals surface area contributed by atoms with Gasteiger partial charge in [0.15, 0.2) is 9.84 Å². The average molecular weight is 335 g/mol. The Labute approximate surface area is 135 Å². The summed E-state index contributed by atoms with van der Waals surface area (Å²) < 4.78 is 35.6. The Bertz CT molecular complexity index is 801. The van der Waals surface area contributed by atoms with E-state index < -0.39 is 9.84 Å². The Morgan fingerprint density at radius 2 is 1.83 bits per heavy atom. The van der Waals surface area contributed by atoms with Crippen LogP contribution < -0.4 is 5.32 Å². The monoisotopic (exact) mass is 335 g/mol. The average Bonchev–Trinajstić information content (AvgIpc) is 2.46. The molecule has 0 aliphatic rings. The number of hydrogen-bond donors (Lipinski definition) is 1. The van der Waals surface area contributed by atoms with Crippen molar-refractivity contribution < 1.29 is 17.6 Å². The molecule has 2 rings (SSSR count). The van der Waals surface area contributed by atoms with Gasteiger partial charge in [0.25, 0.3) is 5.91 Å². The molecule has 0 aromatic heterocycles. The van der Waals surface area contributed by atoms with Crippen LogP contribution in [0.2, 0.25) is 0 Å². The summed E-state index contributed by atoms with van der Waals surface area (Å²) in [5.74, 6) is -0.750. The normalized spacial score (nSPS) is 12.7. The Morgan fingerprint density at radius 1 is 1.17 bits per heavy atom. The topological polar surface area (TPSA) is 63.2 Å². The molecular weight excluding hydrogens is 317 g/mol. The molecular formula is C17H18FNO3S. The van der Waals surface area contributed by atoms with Crippen LogP contribution in [0.25, 0.3) is 0 Å². The molecule has 0 fully saturated rings.